The van der Waals surface area contributed by atoms with Gasteiger partial charge < -0.3 is 14.8 Å². The Kier molecular flexibility index (Phi) is 5.50. The maximum Gasteiger partial charge on any atom is 0.251 e. The van der Waals surface area contributed by atoms with E-state index in [0.717, 1.165) is 34.6 Å². The molecule has 0 aliphatic carbocycles. The molecule has 0 bridgehead atoms. The van der Waals surface area contributed by atoms with E-state index >= 15 is 0 Å². The standard InChI is InChI=1S/C22H27NO3/c1-14(2)21(23-22(24)18-11-15(3)10-16(4)12-18)17-6-7-19-20(13-17)26-9-5-8-25-19/h6-7,10-14,21H,5,8-9H2,1-4H3,(H,23,24)/t21-/m0/s1. The second-order valence-corrected chi connectivity index (χ2v) is 7.33. The summed E-state index contributed by atoms with van der Waals surface area (Å²) in [6, 6.07) is 11.8. The number of amides is 1. The van der Waals surface area contributed by atoms with E-state index < -0.39 is 0 Å². The predicted molar refractivity (Wildman–Crippen MR) is 103 cm³/mol. The second kappa shape index (κ2) is 7.81. The van der Waals surface area contributed by atoms with Crippen molar-refractivity contribution in [1.82, 2.24) is 5.32 Å². The van der Waals surface area contributed by atoms with E-state index in [1.54, 1.807) is 0 Å². The Bertz CT molecular complexity index is 778. The molecule has 1 atom stereocenters. The van der Waals surface area contributed by atoms with Crippen LogP contribution in [0.4, 0.5) is 0 Å². The lowest BCUT2D eigenvalue weighted by atomic mass is 9.95. The third-order valence-electron chi connectivity index (χ3n) is 4.57. The van der Waals surface area contributed by atoms with Crippen LogP contribution in [0.3, 0.4) is 0 Å². The number of carbonyl (C=O) groups is 1. The van der Waals surface area contributed by atoms with Crippen LogP contribution >= 0.6 is 0 Å². The van der Waals surface area contributed by atoms with E-state index in [0.29, 0.717) is 18.8 Å². The quantitative estimate of drug-likeness (QED) is 0.874. The molecule has 3 rings (SSSR count). The average molecular weight is 353 g/mol. The lowest BCUT2D eigenvalue weighted by molar-refractivity contribution is 0.0925. The minimum atomic E-state index is -0.0968. The van der Waals surface area contributed by atoms with E-state index in [1.165, 1.54) is 0 Å². The monoisotopic (exact) mass is 353 g/mol. The first-order valence-electron chi connectivity index (χ1n) is 9.23. The van der Waals surface area contributed by atoms with Crippen LogP contribution in [0.2, 0.25) is 0 Å². The Balaban J connectivity index is 1.85. The molecule has 4 heteroatoms. The van der Waals surface area contributed by atoms with Gasteiger partial charge in [0.1, 0.15) is 0 Å². The molecule has 0 radical (unpaired) electrons. The van der Waals surface area contributed by atoms with Crippen molar-refractivity contribution in [1.29, 1.82) is 0 Å². The summed E-state index contributed by atoms with van der Waals surface area (Å²) in [5.74, 6) is 1.72. The van der Waals surface area contributed by atoms with Gasteiger partial charge in [0, 0.05) is 12.0 Å². The summed E-state index contributed by atoms with van der Waals surface area (Å²) in [6.45, 7) is 9.55. The molecular formula is C22H27NO3. The molecule has 4 nitrogen and oxygen atoms in total. The maximum atomic E-state index is 12.8. The van der Waals surface area contributed by atoms with Crippen molar-refractivity contribution in [2.75, 3.05) is 13.2 Å². The SMILES string of the molecule is Cc1cc(C)cc(C(=O)N[C@H](c2ccc3c(c2)OCCCO3)C(C)C)c1. The predicted octanol–water partition coefficient (Wildman–Crippen LogP) is 4.59. The van der Waals surface area contributed by atoms with Crippen molar-refractivity contribution in [2.45, 2.75) is 40.2 Å². The highest BCUT2D eigenvalue weighted by atomic mass is 16.5. The van der Waals surface area contributed by atoms with Crippen molar-refractivity contribution in [3.05, 3.63) is 58.7 Å². The number of fused-ring (bicyclic) bond motifs is 1. The highest BCUT2D eigenvalue weighted by Crippen LogP contribution is 2.34. The van der Waals surface area contributed by atoms with Gasteiger partial charge in [0.05, 0.1) is 19.3 Å². The fourth-order valence-electron chi connectivity index (χ4n) is 3.34. The van der Waals surface area contributed by atoms with E-state index in [1.807, 2.05) is 44.2 Å². The van der Waals surface area contributed by atoms with Crippen LogP contribution in [0, 0.1) is 19.8 Å². The lowest BCUT2D eigenvalue weighted by Crippen LogP contribution is -2.31. The fraction of sp³-hybridized carbons (Fsp3) is 0.409. The molecular weight excluding hydrogens is 326 g/mol. The average Bonchev–Trinajstić information content (AvgIpc) is 2.83. The van der Waals surface area contributed by atoms with Crippen LogP contribution in [0.5, 0.6) is 11.5 Å². The smallest absolute Gasteiger partial charge is 0.251 e. The molecule has 0 aromatic heterocycles. The third kappa shape index (κ3) is 4.18. The molecule has 2 aromatic rings. The van der Waals surface area contributed by atoms with Crippen molar-refractivity contribution >= 4 is 5.91 Å². The zero-order chi connectivity index (χ0) is 18.7. The van der Waals surface area contributed by atoms with E-state index in [9.17, 15) is 4.79 Å². The van der Waals surface area contributed by atoms with Gasteiger partial charge in [-0.3, -0.25) is 4.79 Å². The van der Waals surface area contributed by atoms with Crippen molar-refractivity contribution in [3.8, 4) is 11.5 Å². The topological polar surface area (TPSA) is 47.6 Å². The van der Waals surface area contributed by atoms with Crippen LogP contribution in [0.25, 0.3) is 0 Å². The number of hydrogen-bond acceptors (Lipinski definition) is 3. The van der Waals surface area contributed by atoms with Gasteiger partial charge in [-0.1, -0.05) is 37.1 Å². The van der Waals surface area contributed by atoms with Crippen LogP contribution in [-0.4, -0.2) is 19.1 Å². The summed E-state index contributed by atoms with van der Waals surface area (Å²) in [5.41, 5.74) is 3.91. The Morgan fingerprint density at radius 3 is 2.27 bits per heavy atom. The van der Waals surface area contributed by atoms with Crippen molar-refractivity contribution < 1.29 is 14.3 Å². The summed E-state index contributed by atoms with van der Waals surface area (Å²) in [7, 11) is 0. The van der Waals surface area contributed by atoms with Gasteiger partial charge in [-0.25, -0.2) is 0 Å². The Morgan fingerprint density at radius 1 is 0.962 bits per heavy atom. The first-order valence-corrected chi connectivity index (χ1v) is 9.23. The fourth-order valence-corrected chi connectivity index (χ4v) is 3.34. The Hall–Kier alpha value is -2.49. The van der Waals surface area contributed by atoms with Gasteiger partial charge in [-0.05, 0) is 49.6 Å². The number of benzene rings is 2. The Labute approximate surface area is 155 Å². The molecule has 2 aromatic carbocycles. The minimum Gasteiger partial charge on any atom is -0.490 e. The molecule has 1 aliphatic heterocycles. The number of aryl methyl sites for hydroxylation is 2. The number of rotatable bonds is 4. The minimum absolute atomic E-state index is 0.0531. The highest BCUT2D eigenvalue weighted by molar-refractivity contribution is 5.94. The summed E-state index contributed by atoms with van der Waals surface area (Å²) in [6.07, 6.45) is 0.876. The molecule has 1 N–H and O–H groups in total. The molecule has 138 valence electrons. The largest absolute Gasteiger partial charge is 0.490 e. The van der Waals surface area contributed by atoms with Gasteiger partial charge in [-0.15, -0.1) is 0 Å². The number of nitrogens with one attached hydrogen (secondary N) is 1. The van der Waals surface area contributed by atoms with E-state index in [2.05, 4.69) is 25.2 Å². The maximum absolute atomic E-state index is 12.8. The van der Waals surface area contributed by atoms with Gasteiger partial charge in [0.2, 0.25) is 0 Å². The molecule has 0 fully saturated rings. The lowest BCUT2D eigenvalue weighted by Gasteiger charge is -2.24. The zero-order valence-electron chi connectivity index (χ0n) is 16.0. The third-order valence-corrected chi connectivity index (χ3v) is 4.57. The van der Waals surface area contributed by atoms with Crippen molar-refractivity contribution in [3.63, 3.8) is 0 Å². The summed E-state index contributed by atoms with van der Waals surface area (Å²) < 4.78 is 11.5. The molecule has 1 amide bonds. The number of hydrogen-bond donors (Lipinski definition) is 1. The molecule has 0 spiro atoms. The van der Waals surface area contributed by atoms with Crippen LogP contribution in [0.15, 0.2) is 36.4 Å². The summed E-state index contributed by atoms with van der Waals surface area (Å²) in [5, 5.41) is 3.19. The van der Waals surface area contributed by atoms with Gasteiger partial charge in [0.25, 0.3) is 5.91 Å². The van der Waals surface area contributed by atoms with E-state index in [4.69, 9.17) is 9.47 Å². The highest BCUT2D eigenvalue weighted by Gasteiger charge is 2.22. The molecule has 1 aliphatic rings. The van der Waals surface area contributed by atoms with Gasteiger partial charge in [0.15, 0.2) is 11.5 Å². The Morgan fingerprint density at radius 2 is 1.62 bits per heavy atom. The van der Waals surface area contributed by atoms with Crippen LogP contribution < -0.4 is 14.8 Å². The molecule has 1 heterocycles. The van der Waals surface area contributed by atoms with Gasteiger partial charge in [-0.2, -0.15) is 0 Å². The number of ether oxygens (including phenoxy) is 2. The first-order chi connectivity index (χ1) is 12.4. The normalized spacial score (nSPS) is 14.7. The first kappa shape index (κ1) is 18.3. The number of carbonyl (C=O) groups excluding carboxylic acids is 1. The van der Waals surface area contributed by atoms with E-state index in [-0.39, 0.29) is 17.9 Å². The molecule has 0 unspecified atom stereocenters. The summed E-state index contributed by atoms with van der Waals surface area (Å²) >= 11 is 0. The molecule has 0 saturated carbocycles. The summed E-state index contributed by atoms with van der Waals surface area (Å²) in [4.78, 5) is 12.8. The van der Waals surface area contributed by atoms with Crippen LogP contribution in [0.1, 0.15) is 53.4 Å². The van der Waals surface area contributed by atoms with Crippen LogP contribution in [-0.2, 0) is 0 Å². The van der Waals surface area contributed by atoms with Gasteiger partial charge >= 0.3 is 0 Å². The second-order valence-electron chi connectivity index (χ2n) is 7.33. The molecule has 26 heavy (non-hydrogen) atoms. The zero-order valence-corrected chi connectivity index (χ0v) is 16.0. The molecule has 0 saturated heterocycles. The van der Waals surface area contributed by atoms with Crippen molar-refractivity contribution in [2.24, 2.45) is 5.92 Å².